The van der Waals surface area contributed by atoms with Crippen molar-refractivity contribution in [2.45, 2.75) is 6.54 Å². The van der Waals surface area contributed by atoms with Crippen LogP contribution in [0, 0.1) is 10.1 Å². The number of nitrogens with zero attached hydrogens (tertiary/aromatic N) is 3. The fourth-order valence-electron chi connectivity index (χ4n) is 3.56. The van der Waals surface area contributed by atoms with Crippen molar-refractivity contribution in [2.75, 3.05) is 39.4 Å². The van der Waals surface area contributed by atoms with E-state index in [1.807, 2.05) is 18.2 Å². The molecule has 2 aromatic carbocycles. The van der Waals surface area contributed by atoms with Crippen molar-refractivity contribution in [2.24, 2.45) is 0 Å². The van der Waals surface area contributed by atoms with Crippen LogP contribution in [0.4, 0.5) is 5.69 Å². The number of amides is 1. The number of ether oxygens (including phenoxy) is 2. The summed E-state index contributed by atoms with van der Waals surface area (Å²) in [5.41, 5.74) is 0.920. The highest BCUT2D eigenvalue weighted by atomic mass is 35.5. The molecule has 0 saturated carbocycles. The smallest absolute Gasteiger partial charge is 0.283 e. The molecule has 0 spiro atoms. The summed E-state index contributed by atoms with van der Waals surface area (Å²) in [6, 6.07) is 10.1. The number of halogens is 1. The van der Waals surface area contributed by atoms with Gasteiger partial charge in [-0.1, -0.05) is 17.7 Å². The van der Waals surface area contributed by atoms with Crippen molar-refractivity contribution < 1.29 is 19.2 Å². The lowest BCUT2D eigenvalue weighted by molar-refractivity contribution is -0.385. The zero-order valence-corrected chi connectivity index (χ0v) is 16.4. The molecule has 152 valence electrons. The van der Waals surface area contributed by atoms with Gasteiger partial charge in [-0.15, -0.1) is 0 Å². The number of rotatable bonds is 4. The van der Waals surface area contributed by atoms with Crippen molar-refractivity contribution in [1.82, 2.24) is 9.80 Å². The number of fused-ring (bicyclic) bond motifs is 1. The second kappa shape index (κ2) is 8.26. The first-order valence-corrected chi connectivity index (χ1v) is 9.73. The van der Waals surface area contributed by atoms with Gasteiger partial charge in [0.15, 0.2) is 11.5 Å². The van der Waals surface area contributed by atoms with Gasteiger partial charge in [-0.25, -0.2) is 0 Å². The quantitative estimate of drug-likeness (QED) is 0.561. The monoisotopic (exact) mass is 417 g/mol. The van der Waals surface area contributed by atoms with Gasteiger partial charge in [-0.2, -0.15) is 0 Å². The molecule has 1 saturated heterocycles. The Labute approximate surface area is 172 Å². The number of carbonyl (C=O) groups is 1. The number of benzene rings is 2. The van der Waals surface area contributed by atoms with Crippen LogP contribution in [0.15, 0.2) is 36.4 Å². The average Bonchev–Trinajstić information content (AvgIpc) is 2.73. The first-order chi connectivity index (χ1) is 14.0. The summed E-state index contributed by atoms with van der Waals surface area (Å²) in [7, 11) is 0. The number of nitro benzene ring substituents is 1. The topological polar surface area (TPSA) is 85.2 Å². The van der Waals surface area contributed by atoms with Crippen molar-refractivity contribution in [3.63, 3.8) is 0 Å². The minimum absolute atomic E-state index is 0.0692. The molecule has 0 N–H and O–H groups in total. The Morgan fingerprint density at radius 1 is 1.03 bits per heavy atom. The lowest BCUT2D eigenvalue weighted by Crippen LogP contribution is -2.48. The minimum atomic E-state index is -0.572. The van der Waals surface area contributed by atoms with Crippen LogP contribution in [-0.2, 0) is 6.54 Å². The molecule has 4 rings (SSSR count). The van der Waals surface area contributed by atoms with Crippen LogP contribution in [0.1, 0.15) is 15.9 Å². The van der Waals surface area contributed by atoms with E-state index in [0.717, 1.165) is 23.6 Å². The molecule has 0 aromatic heterocycles. The summed E-state index contributed by atoms with van der Waals surface area (Å²) in [5.74, 6) is 1.19. The molecule has 1 fully saturated rings. The van der Waals surface area contributed by atoms with Gasteiger partial charge in [-0.05, 0) is 29.8 Å². The number of nitro groups is 1. The second-order valence-electron chi connectivity index (χ2n) is 6.96. The van der Waals surface area contributed by atoms with Crippen LogP contribution >= 0.6 is 11.6 Å². The van der Waals surface area contributed by atoms with Crippen molar-refractivity contribution in [3.05, 3.63) is 62.7 Å². The van der Waals surface area contributed by atoms with Gasteiger partial charge in [0.25, 0.3) is 11.6 Å². The van der Waals surface area contributed by atoms with Crippen molar-refractivity contribution in [3.8, 4) is 11.5 Å². The number of hydrogen-bond donors (Lipinski definition) is 0. The third-order valence-electron chi connectivity index (χ3n) is 5.06. The lowest BCUT2D eigenvalue weighted by atomic mass is 10.1. The summed E-state index contributed by atoms with van der Waals surface area (Å²) in [4.78, 5) is 27.4. The highest BCUT2D eigenvalue weighted by Gasteiger charge is 2.28. The van der Waals surface area contributed by atoms with E-state index < -0.39 is 4.92 Å². The van der Waals surface area contributed by atoms with Crippen LogP contribution in [0.2, 0.25) is 5.02 Å². The third-order valence-corrected chi connectivity index (χ3v) is 5.29. The molecular formula is C20H20ClN3O5. The maximum absolute atomic E-state index is 12.8. The molecule has 0 bridgehead atoms. The van der Waals surface area contributed by atoms with E-state index in [0.29, 0.717) is 39.4 Å². The third kappa shape index (κ3) is 4.28. The summed E-state index contributed by atoms with van der Waals surface area (Å²) in [5, 5.41) is 11.5. The highest BCUT2D eigenvalue weighted by molar-refractivity contribution is 6.31. The van der Waals surface area contributed by atoms with Gasteiger partial charge in [0, 0.05) is 43.8 Å². The van der Waals surface area contributed by atoms with E-state index in [-0.39, 0.29) is 22.2 Å². The maximum Gasteiger partial charge on any atom is 0.283 e. The Morgan fingerprint density at radius 2 is 1.76 bits per heavy atom. The Balaban J connectivity index is 1.38. The summed E-state index contributed by atoms with van der Waals surface area (Å²) >= 11 is 5.84. The zero-order valence-electron chi connectivity index (χ0n) is 15.7. The van der Waals surface area contributed by atoms with Crippen LogP contribution < -0.4 is 9.47 Å². The standard InChI is InChI=1S/C20H20ClN3O5/c21-15-2-3-16(17(12-15)24(26)27)20(25)23-7-5-22(6-8-23)13-14-1-4-18-19(11-14)29-10-9-28-18/h1-4,11-12H,5-10,13H2. The fraction of sp³-hybridized carbons (Fsp3) is 0.350. The normalized spacial score (nSPS) is 16.5. The van der Waals surface area contributed by atoms with Gasteiger partial charge in [0.2, 0.25) is 0 Å². The number of hydrogen-bond acceptors (Lipinski definition) is 6. The van der Waals surface area contributed by atoms with Gasteiger partial charge in [-0.3, -0.25) is 19.8 Å². The van der Waals surface area contributed by atoms with Crippen molar-refractivity contribution in [1.29, 1.82) is 0 Å². The molecule has 0 atom stereocenters. The van der Waals surface area contributed by atoms with E-state index in [2.05, 4.69) is 4.90 Å². The maximum atomic E-state index is 12.8. The van der Waals surface area contributed by atoms with E-state index >= 15 is 0 Å². The van der Waals surface area contributed by atoms with Crippen LogP contribution in [0.5, 0.6) is 11.5 Å². The molecule has 0 unspecified atom stereocenters. The first-order valence-electron chi connectivity index (χ1n) is 9.35. The molecule has 2 aromatic rings. The zero-order chi connectivity index (χ0) is 20.4. The molecule has 2 aliphatic heterocycles. The van der Waals surface area contributed by atoms with Crippen LogP contribution in [0.25, 0.3) is 0 Å². The number of piperazine rings is 1. The Hall–Kier alpha value is -2.84. The van der Waals surface area contributed by atoms with Crippen molar-refractivity contribution >= 4 is 23.2 Å². The van der Waals surface area contributed by atoms with E-state index in [9.17, 15) is 14.9 Å². The average molecular weight is 418 g/mol. The number of carbonyl (C=O) groups excluding carboxylic acids is 1. The Morgan fingerprint density at radius 3 is 2.48 bits per heavy atom. The van der Waals surface area contributed by atoms with E-state index in [1.165, 1.54) is 18.2 Å². The second-order valence-corrected chi connectivity index (χ2v) is 7.40. The molecular weight excluding hydrogens is 398 g/mol. The van der Waals surface area contributed by atoms with Crippen LogP contribution in [0.3, 0.4) is 0 Å². The highest BCUT2D eigenvalue weighted by Crippen LogP contribution is 2.31. The molecule has 2 heterocycles. The SMILES string of the molecule is O=C(c1ccc(Cl)cc1[N+](=O)[O-])N1CCN(Cc2ccc3c(c2)OCCO3)CC1. The Kier molecular flexibility index (Phi) is 5.55. The molecule has 0 aliphatic carbocycles. The van der Waals surface area contributed by atoms with Gasteiger partial charge < -0.3 is 14.4 Å². The molecule has 9 heteroatoms. The summed E-state index contributed by atoms with van der Waals surface area (Å²) < 4.78 is 11.2. The molecule has 8 nitrogen and oxygen atoms in total. The minimum Gasteiger partial charge on any atom is -0.486 e. The summed E-state index contributed by atoms with van der Waals surface area (Å²) in [6.45, 7) is 4.22. The fourth-order valence-corrected chi connectivity index (χ4v) is 3.73. The molecule has 0 radical (unpaired) electrons. The molecule has 1 amide bonds. The predicted octanol–water partition coefficient (Wildman–Crippen LogP) is 2.98. The first kappa shape index (κ1) is 19.5. The lowest BCUT2D eigenvalue weighted by Gasteiger charge is -2.34. The van der Waals surface area contributed by atoms with E-state index in [4.69, 9.17) is 21.1 Å². The largest absolute Gasteiger partial charge is 0.486 e. The molecule has 29 heavy (non-hydrogen) atoms. The summed E-state index contributed by atoms with van der Waals surface area (Å²) in [6.07, 6.45) is 0. The predicted molar refractivity (Wildman–Crippen MR) is 107 cm³/mol. The van der Waals surface area contributed by atoms with Gasteiger partial charge in [0.1, 0.15) is 18.8 Å². The van der Waals surface area contributed by atoms with Crippen LogP contribution in [-0.4, -0.2) is 60.0 Å². The Bertz CT molecular complexity index is 944. The molecule has 2 aliphatic rings. The van der Waals surface area contributed by atoms with E-state index in [1.54, 1.807) is 4.90 Å². The van der Waals surface area contributed by atoms with Gasteiger partial charge in [0.05, 0.1) is 4.92 Å². The van der Waals surface area contributed by atoms with Gasteiger partial charge >= 0.3 is 0 Å².